The molecule has 1 atom stereocenters. The van der Waals surface area contributed by atoms with Gasteiger partial charge in [0.05, 0.1) is 6.10 Å². The number of carbonyl (C=O) groups excluding carboxylic acids is 2. The number of hydrogen-bond donors (Lipinski definition) is 1. The van der Waals surface area contributed by atoms with Gasteiger partial charge in [-0.2, -0.15) is 8.42 Å². The topological polar surface area (TPSA) is 108 Å². The molecule has 0 unspecified atom stereocenters. The van der Waals surface area contributed by atoms with Crippen molar-refractivity contribution in [1.82, 2.24) is 5.32 Å². The molecule has 0 saturated carbocycles. The molecule has 0 radical (unpaired) electrons. The summed E-state index contributed by atoms with van der Waals surface area (Å²) >= 11 is 0. The molecular weight excluding hydrogens is 482 g/mol. The monoisotopic (exact) mass is 511 g/mol. The van der Waals surface area contributed by atoms with Crippen molar-refractivity contribution in [3.8, 4) is 5.75 Å². The SMILES string of the molecule is Cc1ccc(S(=O)(=O)Oc2cccc(C[C@H](NC(=O)OCc3ccccc3)C(=O)OC(C)C)c2)cc1. The van der Waals surface area contributed by atoms with Gasteiger partial charge < -0.3 is 19.0 Å². The number of esters is 1. The number of carbonyl (C=O) groups is 2. The summed E-state index contributed by atoms with van der Waals surface area (Å²) in [5.41, 5.74) is 2.28. The first-order valence-electron chi connectivity index (χ1n) is 11.4. The summed E-state index contributed by atoms with van der Waals surface area (Å²) in [4.78, 5) is 25.1. The van der Waals surface area contributed by atoms with E-state index in [1.807, 2.05) is 37.3 Å². The number of aryl methyl sites for hydroxylation is 1. The number of alkyl carbamates (subject to hydrolysis) is 1. The highest BCUT2D eigenvalue weighted by molar-refractivity contribution is 7.87. The quantitative estimate of drug-likeness (QED) is 0.314. The zero-order valence-electron chi connectivity index (χ0n) is 20.3. The fourth-order valence-electron chi connectivity index (χ4n) is 3.25. The lowest BCUT2D eigenvalue weighted by atomic mass is 10.1. The van der Waals surface area contributed by atoms with Gasteiger partial charge in [-0.05, 0) is 56.2 Å². The predicted molar refractivity (Wildman–Crippen MR) is 134 cm³/mol. The second-order valence-corrected chi connectivity index (χ2v) is 9.99. The lowest BCUT2D eigenvalue weighted by Crippen LogP contribution is -2.44. The molecule has 0 aromatic heterocycles. The van der Waals surface area contributed by atoms with E-state index in [9.17, 15) is 18.0 Å². The standard InChI is InChI=1S/C27H29NO7S/c1-19(2)34-26(29)25(28-27(30)33-18-21-8-5-4-6-9-21)17-22-10-7-11-23(16-22)35-36(31,32)24-14-12-20(3)13-15-24/h4-16,19,25H,17-18H2,1-3H3,(H,28,30)/t25-/m0/s1. The van der Waals surface area contributed by atoms with Gasteiger partial charge in [-0.25, -0.2) is 9.59 Å². The minimum atomic E-state index is -4.04. The third kappa shape index (κ3) is 8.13. The molecule has 190 valence electrons. The Bertz CT molecular complexity index is 1270. The zero-order valence-corrected chi connectivity index (χ0v) is 21.2. The molecular formula is C27H29NO7S. The summed E-state index contributed by atoms with van der Waals surface area (Å²) in [6.45, 7) is 5.30. The highest BCUT2D eigenvalue weighted by Gasteiger charge is 2.25. The van der Waals surface area contributed by atoms with E-state index in [4.69, 9.17) is 13.7 Å². The Morgan fingerprint density at radius 2 is 1.56 bits per heavy atom. The Labute approximate surface area is 211 Å². The Morgan fingerprint density at radius 3 is 2.22 bits per heavy atom. The summed E-state index contributed by atoms with van der Waals surface area (Å²) in [6.07, 6.45) is -1.14. The van der Waals surface area contributed by atoms with E-state index in [2.05, 4.69) is 5.32 Å². The van der Waals surface area contributed by atoms with Crippen LogP contribution >= 0.6 is 0 Å². The van der Waals surface area contributed by atoms with Crippen LogP contribution in [0.2, 0.25) is 0 Å². The Kier molecular flexibility index (Phi) is 9.08. The Hall–Kier alpha value is -3.85. The zero-order chi connectivity index (χ0) is 26.1. The molecule has 0 saturated heterocycles. The van der Waals surface area contributed by atoms with Crippen molar-refractivity contribution in [2.45, 2.75) is 50.8 Å². The van der Waals surface area contributed by atoms with E-state index < -0.39 is 34.3 Å². The van der Waals surface area contributed by atoms with Crippen LogP contribution in [0.25, 0.3) is 0 Å². The highest BCUT2D eigenvalue weighted by Crippen LogP contribution is 2.21. The van der Waals surface area contributed by atoms with E-state index in [1.165, 1.54) is 24.3 Å². The molecule has 0 heterocycles. The first-order valence-corrected chi connectivity index (χ1v) is 12.8. The number of benzene rings is 3. The van der Waals surface area contributed by atoms with Crippen molar-refractivity contribution in [2.24, 2.45) is 0 Å². The fraction of sp³-hybridized carbons (Fsp3) is 0.259. The van der Waals surface area contributed by atoms with Crippen LogP contribution in [0.3, 0.4) is 0 Å². The molecule has 0 bridgehead atoms. The van der Waals surface area contributed by atoms with E-state index in [-0.39, 0.29) is 23.7 Å². The van der Waals surface area contributed by atoms with Crippen LogP contribution in [0.4, 0.5) is 4.79 Å². The highest BCUT2D eigenvalue weighted by atomic mass is 32.2. The molecule has 3 aromatic rings. The van der Waals surface area contributed by atoms with Crippen LogP contribution in [0.1, 0.15) is 30.5 Å². The van der Waals surface area contributed by atoms with Crippen molar-refractivity contribution < 1.29 is 31.7 Å². The third-order valence-corrected chi connectivity index (χ3v) is 6.26. The molecule has 3 rings (SSSR count). The summed E-state index contributed by atoms with van der Waals surface area (Å²) < 4.78 is 41.1. The van der Waals surface area contributed by atoms with E-state index in [0.29, 0.717) is 5.56 Å². The Balaban J connectivity index is 1.71. The van der Waals surface area contributed by atoms with E-state index in [1.54, 1.807) is 38.1 Å². The van der Waals surface area contributed by atoms with Crippen LogP contribution < -0.4 is 9.50 Å². The number of nitrogens with one attached hydrogen (secondary N) is 1. The normalized spacial score (nSPS) is 12.0. The minimum Gasteiger partial charge on any atom is -0.461 e. The van der Waals surface area contributed by atoms with Crippen LogP contribution in [-0.2, 0) is 37.4 Å². The van der Waals surface area contributed by atoms with Gasteiger partial charge in [-0.1, -0.05) is 60.2 Å². The van der Waals surface area contributed by atoms with Crippen LogP contribution in [0.15, 0.2) is 83.8 Å². The average Bonchev–Trinajstić information content (AvgIpc) is 2.83. The molecule has 8 nitrogen and oxygen atoms in total. The maximum atomic E-state index is 12.7. The summed E-state index contributed by atoms with van der Waals surface area (Å²) in [7, 11) is -4.04. The maximum Gasteiger partial charge on any atom is 0.408 e. The van der Waals surface area contributed by atoms with Crippen LogP contribution in [0.5, 0.6) is 5.75 Å². The number of amides is 1. The molecule has 9 heteroatoms. The average molecular weight is 512 g/mol. The third-order valence-electron chi connectivity index (χ3n) is 5.00. The summed E-state index contributed by atoms with van der Waals surface area (Å²) in [5.74, 6) is -0.559. The summed E-state index contributed by atoms with van der Waals surface area (Å²) in [6, 6.07) is 20.7. The second-order valence-electron chi connectivity index (χ2n) is 8.45. The van der Waals surface area contributed by atoms with Gasteiger partial charge in [-0.3, -0.25) is 0 Å². The van der Waals surface area contributed by atoms with E-state index in [0.717, 1.165) is 11.1 Å². The maximum absolute atomic E-state index is 12.7. The van der Waals surface area contributed by atoms with Crippen molar-refractivity contribution in [3.63, 3.8) is 0 Å². The van der Waals surface area contributed by atoms with Gasteiger partial charge >= 0.3 is 22.2 Å². The van der Waals surface area contributed by atoms with Crippen molar-refractivity contribution in [2.75, 3.05) is 0 Å². The Morgan fingerprint density at radius 1 is 0.889 bits per heavy atom. The van der Waals surface area contributed by atoms with Crippen LogP contribution in [-0.4, -0.2) is 32.6 Å². The number of ether oxygens (including phenoxy) is 2. The first kappa shape index (κ1) is 26.7. The van der Waals surface area contributed by atoms with Crippen molar-refractivity contribution >= 4 is 22.2 Å². The molecule has 1 amide bonds. The van der Waals surface area contributed by atoms with Gasteiger partial charge in [0.1, 0.15) is 23.3 Å². The van der Waals surface area contributed by atoms with Gasteiger partial charge in [0.25, 0.3) is 0 Å². The molecule has 0 aliphatic rings. The van der Waals surface area contributed by atoms with Gasteiger partial charge in [0.2, 0.25) is 0 Å². The van der Waals surface area contributed by atoms with E-state index >= 15 is 0 Å². The largest absolute Gasteiger partial charge is 0.461 e. The van der Waals surface area contributed by atoms with Gasteiger partial charge in [0.15, 0.2) is 0 Å². The van der Waals surface area contributed by atoms with Gasteiger partial charge in [0, 0.05) is 6.42 Å². The molecule has 0 spiro atoms. The van der Waals surface area contributed by atoms with Crippen molar-refractivity contribution in [3.05, 3.63) is 95.6 Å². The molecule has 0 aliphatic carbocycles. The molecule has 0 aliphatic heterocycles. The molecule has 1 N–H and O–H groups in total. The minimum absolute atomic E-state index is 0.0275. The molecule has 36 heavy (non-hydrogen) atoms. The first-order chi connectivity index (χ1) is 17.1. The summed E-state index contributed by atoms with van der Waals surface area (Å²) in [5, 5.41) is 2.54. The van der Waals surface area contributed by atoms with Gasteiger partial charge in [-0.15, -0.1) is 0 Å². The predicted octanol–water partition coefficient (Wildman–Crippen LogP) is 4.55. The van der Waals surface area contributed by atoms with Crippen LogP contribution in [0, 0.1) is 6.92 Å². The lowest BCUT2D eigenvalue weighted by molar-refractivity contribution is -0.149. The van der Waals surface area contributed by atoms with Crippen molar-refractivity contribution in [1.29, 1.82) is 0 Å². The lowest BCUT2D eigenvalue weighted by Gasteiger charge is -2.19. The number of rotatable bonds is 10. The second kappa shape index (κ2) is 12.2. The molecule has 3 aromatic carbocycles. The molecule has 0 fully saturated rings. The number of hydrogen-bond acceptors (Lipinski definition) is 7. The fourth-order valence-corrected chi connectivity index (χ4v) is 4.18. The smallest absolute Gasteiger partial charge is 0.408 e.